The Morgan fingerprint density at radius 1 is 1.39 bits per heavy atom. The molecule has 2 aromatic heterocycles. The number of hydrogen-bond acceptors (Lipinski definition) is 6. The van der Waals surface area contributed by atoms with Gasteiger partial charge in [0.15, 0.2) is 5.76 Å². The van der Waals surface area contributed by atoms with Gasteiger partial charge in [-0.3, -0.25) is 4.90 Å². The van der Waals surface area contributed by atoms with E-state index in [9.17, 15) is 0 Å². The van der Waals surface area contributed by atoms with Crippen molar-refractivity contribution >= 4 is 0 Å². The third-order valence-corrected chi connectivity index (χ3v) is 3.10. The van der Waals surface area contributed by atoms with E-state index in [-0.39, 0.29) is 0 Å². The number of nitrogens with one attached hydrogen (secondary N) is 1. The Labute approximate surface area is 105 Å². The maximum absolute atomic E-state index is 5.35. The summed E-state index contributed by atoms with van der Waals surface area (Å²) < 4.78 is 10.6. The fourth-order valence-electron chi connectivity index (χ4n) is 2.07. The van der Waals surface area contributed by atoms with Gasteiger partial charge in [0.2, 0.25) is 11.7 Å². The lowest BCUT2D eigenvalue weighted by Crippen LogP contribution is -2.42. The Kier molecular flexibility index (Phi) is 3.12. The van der Waals surface area contributed by atoms with E-state index in [1.807, 2.05) is 13.0 Å². The highest BCUT2D eigenvalue weighted by molar-refractivity contribution is 5.50. The fraction of sp³-hybridized carbons (Fsp3) is 0.500. The van der Waals surface area contributed by atoms with Crippen molar-refractivity contribution in [2.24, 2.45) is 0 Å². The SMILES string of the molecule is Cc1ccoc1-c1noc(CN2CCNCC2)n1. The lowest BCUT2D eigenvalue weighted by Gasteiger charge is -2.25. The normalized spacial score (nSPS) is 17.2. The summed E-state index contributed by atoms with van der Waals surface area (Å²) in [5.41, 5.74) is 1.02. The molecule has 0 saturated carbocycles. The van der Waals surface area contributed by atoms with E-state index in [1.165, 1.54) is 0 Å². The van der Waals surface area contributed by atoms with Gasteiger partial charge in [-0.2, -0.15) is 4.98 Å². The monoisotopic (exact) mass is 248 g/mol. The zero-order valence-electron chi connectivity index (χ0n) is 10.3. The van der Waals surface area contributed by atoms with Crippen molar-refractivity contribution in [1.29, 1.82) is 0 Å². The van der Waals surface area contributed by atoms with Crippen LogP contribution in [0.3, 0.4) is 0 Å². The summed E-state index contributed by atoms with van der Waals surface area (Å²) in [5.74, 6) is 1.86. The minimum Gasteiger partial charge on any atom is -0.461 e. The van der Waals surface area contributed by atoms with Crippen LogP contribution in [0.25, 0.3) is 11.6 Å². The Balaban J connectivity index is 1.71. The highest BCUT2D eigenvalue weighted by Crippen LogP contribution is 2.21. The Hall–Kier alpha value is -1.66. The topological polar surface area (TPSA) is 67.3 Å². The summed E-state index contributed by atoms with van der Waals surface area (Å²) in [4.78, 5) is 6.67. The lowest BCUT2D eigenvalue weighted by atomic mass is 10.3. The molecule has 3 heterocycles. The summed E-state index contributed by atoms with van der Waals surface area (Å²) >= 11 is 0. The second-order valence-electron chi connectivity index (χ2n) is 4.47. The van der Waals surface area contributed by atoms with Crippen LogP contribution in [0.1, 0.15) is 11.5 Å². The summed E-state index contributed by atoms with van der Waals surface area (Å²) in [6, 6.07) is 1.89. The standard InChI is InChI=1S/C12H16N4O2/c1-9-2-7-17-11(9)12-14-10(18-15-12)8-16-5-3-13-4-6-16/h2,7,13H,3-6,8H2,1H3. The van der Waals surface area contributed by atoms with Crippen LogP contribution in [0.5, 0.6) is 0 Å². The van der Waals surface area contributed by atoms with Gasteiger partial charge >= 0.3 is 0 Å². The highest BCUT2D eigenvalue weighted by Gasteiger charge is 2.17. The van der Waals surface area contributed by atoms with Gasteiger partial charge in [0.05, 0.1) is 12.8 Å². The molecule has 3 rings (SSSR count). The molecule has 18 heavy (non-hydrogen) atoms. The van der Waals surface area contributed by atoms with Crippen LogP contribution in [-0.2, 0) is 6.54 Å². The molecule has 0 radical (unpaired) electrons. The number of hydrogen-bond donors (Lipinski definition) is 1. The Morgan fingerprint density at radius 3 is 2.94 bits per heavy atom. The number of nitrogens with zero attached hydrogens (tertiary/aromatic N) is 3. The number of aromatic nitrogens is 2. The van der Waals surface area contributed by atoms with Crippen molar-refractivity contribution in [3.8, 4) is 11.6 Å². The molecule has 0 spiro atoms. The smallest absolute Gasteiger partial charge is 0.241 e. The molecule has 6 heteroatoms. The predicted octanol–water partition coefficient (Wildman–Crippen LogP) is 1.04. The van der Waals surface area contributed by atoms with Crippen LogP contribution in [0.15, 0.2) is 21.3 Å². The van der Waals surface area contributed by atoms with Crippen LogP contribution in [0, 0.1) is 6.92 Å². The average Bonchev–Trinajstić information content (AvgIpc) is 2.99. The van der Waals surface area contributed by atoms with Crippen molar-refractivity contribution in [2.45, 2.75) is 13.5 Å². The predicted molar refractivity (Wildman–Crippen MR) is 64.9 cm³/mol. The van der Waals surface area contributed by atoms with Crippen molar-refractivity contribution in [2.75, 3.05) is 26.2 Å². The molecule has 0 amide bonds. The molecule has 1 saturated heterocycles. The molecular weight excluding hydrogens is 232 g/mol. The molecule has 0 unspecified atom stereocenters. The Bertz CT molecular complexity index is 514. The van der Waals surface area contributed by atoms with Gasteiger partial charge in [-0.05, 0) is 18.6 Å². The molecule has 0 aromatic carbocycles. The zero-order valence-corrected chi connectivity index (χ0v) is 10.3. The molecule has 96 valence electrons. The molecule has 6 nitrogen and oxygen atoms in total. The van der Waals surface area contributed by atoms with Crippen LogP contribution in [0.2, 0.25) is 0 Å². The van der Waals surface area contributed by atoms with Crippen molar-refractivity contribution in [1.82, 2.24) is 20.4 Å². The fourth-order valence-corrected chi connectivity index (χ4v) is 2.07. The third kappa shape index (κ3) is 2.30. The van der Waals surface area contributed by atoms with E-state index in [0.29, 0.717) is 24.0 Å². The van der Waals surface area contributed by atoms with Crippen LogP contribution in [-0.4, -0.2) is 41.2 Å². The quantitative estimate of drug-likeness (QED) is 0.875. The van der Waals surface area contributed by atoms with Gasteiger partial charge in [0.1, 0.15) is 0 Å². The summed E-state index contributed by atoms with van der Waals surface area (Å²) in [5, 5.41) is 7.28. The van der Waals surface area contributed by atoms with Crippen LogP contribution >= 0.6 is 0 Å². The number of piperazine rings is 1. The van der Waals surface area contributed by atoms with E-state index >= 15 is 0 Å². The molecule has 2 aromatic rings. The molecule has 0 aliphatic carbocycles. The number of furan rings is 1. The second kappa shape index (κ2) is 4.91. The molecule has 1 N–H and O–H groups in total. The van der Waals surface area contributed by atoms with Gasteiger partial charge in [-0.25, -0.2) is 0 Å². The van der Waals surface area contributed by atoms with Crippen molar-refractivity contribution in [3.63, 3.8) is 0 Å². The minimum atomic E-state index is 0.530. The Morgan fingerprint density at radius 2 is 2.22 bits per heavy atom. The van der Waals surface area contributed by atoms with Gasteiger partial charge in [0.25, 0.3) is 0 Å². The van der Waals surface area contributed by atoms with Gasteiger partial charge in [-0.15, -0.1) is 0 Å². The summed E-state index contributed by atoms with van der Waals surface area (Å²) in [6.45, 7) is 6.71. The van der Waals surface area contributed by atoms with Gasteiger partial charge in [-0.1, -0.05) is 5.16 Å². The van der Waals surface area contributed by atoms with E-state index in [1.54, 1.807) is 6.26 Å². The summed E-state index contributed by atoms with van der Waals surface area (Å²) in [6.07, 6.45) is 1.64. The largest absolute Gasteiger partial charge is 0.461 e. The first-order valence-electron chi connectivity index (χ1n) is 6.13. The summed E-state index contributed by atoms with van der Waals surface area (Å²) in [7, 11) is 0. The average molecular weight is 248 g/mol. The van der Waals surface area contributed by atoms with E-state index in [4.69, 9.17) is 8.94 Å². The van der Waals surface area contributed by atoms with Crippen LogP contribution < -0.4 is 5.32 Å². The molecule has 0 bridgehead atoms. The molecule has 1 aliphatic heterocycles. The molecular formula is C12H16N4O2. The second-order valence-corrected chi connectivity index (χ2v) is 4.47. The number of rotatable bonds is 3. The highest BCUT2D eigenvalue weighted by atomic mass is 16.5. The minimum absolute atomic E-state index is 0.530. The molecule has 0 atom stereocenters. The van der Waals surface area contributed by atoms with Gasteiger partial charge < -0.3 is 14.3 Å². The van der Waals surface area contributed by atoms with Crippen molar-refractivity contribution < 1.29 is 8.94 Å². The maximum Gasteiger partial charge on any atom is 0.241 e. The first-order chi connectivity index (χ1) is 8.83. The van der Waals surface area contributed by atoms with E-state index in [0.717, 1.165) is 31.7 Å². The van der Waals surface area contributed by atoms with Crippen molar-refractivity contribution in [3.05, 3.63) is 23.8 Å². The first kappa shape index (κ1) is 11.4. The third-order valence-electron chi connectivity index (χ3n) is 3.10. The molecule has 1 aliphatic rings. The van der Waals surface area contributed by atoms with Crippen LogP contribution in [0.4, 0.5) is 0 Å². The maximum atomic E-state index is 5.35. The van der Waals surface area contributed by atoms with E-state index < -0.39 is 0 Å². The van der Waals surface area contributed by atoms with Gasteiger partial charge in [0, 0.05) is 26.2 Å². The number of aryl methyl sites for hydroxylation is 1. The van der Waals surface area contributed by atoms with E-state index in [2.05, 4.69) is 20.4 Å². The molecule has 1 fully saturated rings. The first-order valence-corrected chi connectivity index (χ1v) is 6.13. The lowest BCUT2D eigenvalue weighted by molar-refractivity contribution is 0.203. The zero-order chi connectivity index (χ0) is 12.4.